The van der Waals surface area contributed by atoms with Crippen molar-refractivity contribution in [1.29, 1.82) is 0 Å². The summed E-state index contributed by atoms with van der Waals surface area (Å²) < 4.78 is 0. The van der Waals surface area contributed by atoms with Gasteiger partial charge in [0.25, 0.3) is 0 Å². The minimum absolute atomic E-state index is 0.102. The number of hydrogen-bond acceptors (Lipinski definition) is 1. The van der Waals surface area contributed by atoms with E-state index in [2.05, 4.69) is 13.8 Å². The van der Waals surface area contributed by atoms with Crippen LogP contribution in [0.2, 0.25) is 0 Å². The molecule has 0 aliphatic carbocycles. The van der Waals surface area contributed by atoms with Gasteiger partial charge < -0.3 is 4.79 Å². The fourth-order valence-electron chi connectivity index (χ4n) is 2.78. The Balaban J connectivity index is 3.11. The summed E-state index contributed by atoms with van der Waals surface area (Å²) in [5.74, 6) is 0.877. The Hall–Kier alpha value is -0.330. The monoisotopic (exact) mass is 296 g/mol. The summed E-state index contributed by atoms with van der Waals surface area (Å²) in [6.45, 7) is 8.72. The molecular weight excluding hydrogens is 256 g/mol. The van der Waals surface area contributed by atoms with E-state index in [4.69, 9.17) is 0 Å². The zero-order valence-electron chi connectivity index (χ0n) is 15.3. The molecule has 0 fully saturated rings. The average Bonchev–Trinajstić information content (AvgIpc) is 2.43. The van der Waals surface area contributed by atoms with Gasteiger partial charge in [0.15, 0.2) is 0 Å². The molecule has 0 unspecified atom stereocenters. The quantitative estimate of drug-likeness (QED) is 0.236. The molecule has 0 atom stereocenters. The van der Waals surface area contributed by atoms with Crippen molar-refractivity contribution in [2.45, 2.75) is 111 Å². The molecule has 0 radical (unpaired) electrons. The van der Waals surface area contributed by atoms with Crippen LogP contribution in [0, 0.1) is 11.3 Å². The van der Waals surface area contributed by atoms with E-state index in [-0.39, 0.29) is 5.41 Å². The van der Waals surface area contributed by atoms with Gasteiger partial charge >= 0.3 is 0 Å². The van der Waals surface area contributed by atoms with Crippen LogP contribution in [0.4, 0.5) is 0 Å². The Morgan fingerprint density at radius 2 is 1.10 bits per heavy atom. The van der Waals surface area contributed by atoms with Gasteiger partial charge in [-0.15, -0.1) is 0 Å². The van der Waals surface area contributed by atoms with Crippen LogP contribution in [0.5, 0.6) is 0 Å². The number of carbonyl (C=O) groups excluding carboxylic acids is 1. The molecule has 0 aromatic carbocycles. The van der Waals surface area contributed by atoms with Crippen molar-refractivity contribution in [3.63, 3.8) is 0 Å². The number of aldehydes is 1. The molecule has 0 aliphatic heterocycles. The molecule has 0 aliphatic rings. The van der Waals surface area contributed by atoms with Gasteiger partial charge in [0, 0.05) is 5.41 Å². The highest BCUT2D eigenvalue weighted by Crippen LogP contribution is 2.21. The summed E-state index contributed by atoms with van der Waals surface area (Å²) in [7, 11) is 0. The SMILES string of the molecule is CC(C)CCCCCCCCCCCCCC(C)(C)C=O. The molecule has 0 aromatic rings. The highest BCUT2D eigenvalue weighted by atomic mass is 16.1. The molecule has 0 rings (SSSR count). The summed E-state index contributed by atoms with van der Waals surface area (Å²) in [5.41, 5.74) is -0.102. The first kappa shape index (κ1) is 20.7. The third kappa shape index (κ3) is 15.9. The minimum atomic E-state index is -0.102. The average molecular weight is 297 g/mol. The van der Waals surface area contributed by atoms with Gasteiger partial charge in [0.2, 0.25) is 0 Å². The summed E-state index contributed by atoms with van der Waals surface area (Å²) in [6.07, 6.45) is 18.8. The van der Waals surface area contributed by atoms with E-state index in [0.717, 1.165) is 18.6 Å². The van der Waals surface area contributed by atoms with Crippen molar-refractivity contribution in [3.8, 4) is 0 Å². The van der Waals surface area contributed by atoms with Crippen molar-refractivity contribution in [2.24, 2.45) is 11.3 Å². The Morgan fingerprint density at radius 3 is 1.48 bits per heavy atom. The lowest BCUT2D eigenvalue weighted by atomic mass is 9.88. The highest BCUT2D eigenvalue weighted by Gasteiger charge is 2.14. The molecule has 0 N–H and O–H groups in total. The van der Waals surface area contributed by atoms with Gasteiger partial charge in [0.05, 0.1) is 0 Å². The fourth-order valence-corrected chi connectivity index (χ4v) is 2.78. The predicted molar refractivity (Wildman–Crippen MR) is 94.7 cm³/mol. The lowest BCUT2D eigenvalue weighted by molar-refractivity contribution is -0.115. The Bertz CT molecular complexity index is 230. The fraction of sp³-hybridized carbons (Fsp3) is 0.950. The van der Waals surface area contributed by atoms with Gasteiger partial charge in [0.1, 0.15) is 6.29 Å². The molecule has 0 spiro atoms. The Kier molecular flexibility index (Phi) is 13.1. The number of hydrogen-bond donors (Lipinski definition) is 0. The van der Waals surface area contributed by atoms with E-state index >= 15 is 0 Å². The Labute approximate surface area is 134 Å². The van der Waals surface area contributed by atoms with Crippen molar-refractivity contribution >= 4 is 6.29 Å². The predicted octanol–water partition coefficient (Wildman–Crippen LogP) is 6.94. The van der Waals surface area contributed by atoms with E-state index in [1.807, 2.05) is 13.8 Å². The van der Waals surface area contributed by atoms with Crippen molar-refractivity contribution in [2.75, 3.05) is 0 Å². The minimum Gasteiger partial charge on any atom is -0.303 e. The van der Waals surface area contributed by atoms with Crippen molar-refractivity contribution < 1.29 is 4.79 Å². The first-order valence-corrected chi connectivity index (χ1v) is 9.44. The topological polar surface area (TPSA) is 17.1 Å². The summed E-state index contributed by atoms with van der Waals surface area (Å²) in [4.78, 5) is 10.8. The second kappa shape index (κ2) is 13.3. The molecule has 126 valence electrons. The van der Waals surface area contributed by atoms with Crippen LogP contribution >= 0.6 is 0 Å². The molecule has 1 nitrogen and oxygen atoms in total. The van der Waals surface area contributed by atoms with Gasteiger partial charge in [-0.2, -0.15) is 0 Å². The van der Waals surface area contributed by atoms with Gasteiger partial charge in [-0.1, -0.05) is 105 Å². The molecule has 0 aromatic heterocycles. The second-order valence-corrected chi connectivity index (χ2v) is 7.93. The summed E-state index contributed by atoms with van der Waals surface area (Å²) >= 11 is 0. The molecule has 0 heterocycles. The zero-order chi connectivity index (χ0) is 16.0. The Morgan fingerprint density at radius 1 is 0.714 bits per heavy atom. The van der Waals surface area contributed by atoms with Gasteiger partial charge in [-0.05, 0) is 12.3 Å². The smallest absolute Gasteiger partial charge is 0.125 e. The van der Waals surface area contributed by atoms with E-state index in [1.165, 1.54) is 77.0 Å². The van der Waals surface area contributed by atoms with E-state index in [1.54, 1.807) is 0 Å². The molecule has 0 amide bonds. The van der Waals surface area contributed by atoms with Crippen LogP contribution < -0.4 is 0 Å². The third-order valence-electron chi connectivity index (χ3n) is 4.42. The van der Waals surface area contributed by atoms with Crippen LogP contribution in [0.25, 0.3) is 0 Å². The lowest BCUT2D eigenvalue weighted by Gasteiger charge is -2.15. The van der Waals surface area contributed by atoms with Crippen LogP contribution in [0.1, 0.15) is 111 Å². The van der Waals surface area contributed by atoms with E-state index in [0.29, 0.717) is 0 Å². The van der Waals surface area contributed by atoms with Crippen molar-refractivity contribution in [3.05, 3.63) is 0 Å². The molecule has 0 saturated carbocycles. The van der Waals surface area contributed by atoms with E-state index in [9.17, 15) is 4.79 Å². The van der Waals surface area contributed by atoms with Gasteiger partial charge in [-0.25, -0.2) is 0 Å². The maximum atomic E-state index is 10.8. The molecular formula is C20H40O. The highest BCUT2D eigenvalue weighted by molar-refractivity contribution is 5.57. The van der Waals surface area contributed by atoms with Crippen LogP contribution in [-0.2, 0) is 4.79 Å². The van der Waals surface area contributed by atoms with Crippen LogP contribution in [0.3, 0.4) is 0 Å². The molecule has 1 heteroatoms. The maximum Gasteiger partial charge on any atom is 0.125 e. The van der Waals surface area contributed by atoms with Crippen molar-refractivity contribution in [1.82, 2.24) is 0 Å². The standard InChI is InChI=1S/C20H40O/c1-19(2)16-14-12-10-8-6-5-7-9-11-13-15-17-20(3,4)18-21/h18-19H,5-17H2,1-4H3. The molecule has 0 saturated heterocycles. The first-order chi connectivity index (χ1) is 9.98. The number of rotatable bonds is 15. The van der Waals surface area contributed by atoms with Gasteiger partial charge in [-0.3, -0.25) is 0 Å². The lowest BCUT2D eigenvalue weighted by Crippen LogP contribution is -2.12. The number of carbonyl (C=O) groups is 1. The third-order valence-corrected chi connectivity index (χ3v) is 4.42. The maximum absolute atomic E-state index is 10.8. The van der Waals surface area contributed by atoms with Crippen LogP contribution in [-0.4, -0.2) is 6.29 Å². The molecule has 21 heavy (non-hydrogen) atoms. The zero-order valence-corrected chi connectivity index (χ0v) is 15.3. The summed E-state index contributed by atoms with van der Waals surface area (Å²) in [5, 5.41) is 0. The largest absolute Gasteiger partial charge is 0.303 e. The first-order valence-electron chi connectivity index (χ1n) is 9.44. The summed E-state index contributed by atoms with van der Waals surface area (Å²) in [6, 6.07) is 0. The number of unbranched alkanes of at least 4 members (excludes halogenated alkanes) is 10. The van der Waals surface area contributed by atoms with Crippen LogP contribution in [0.15, 0.2) is 0 Å². The second-order valence-electron chi connectivity index (χ2n) is 7.93. The normalized spacial score (nSPS) is 12.0. The molecule has 0 bridgehead atoms. The van der Waals surface area contributed by atoms with E-state index < -0.39 is 0 Å².